The van der Waals surface area contributed by atoms with Crippen LogP contribution in [0.1, 0.15) is 69.9 Å². The van der Waals surface area contributed by atoms with E-state index in [-0.39, 0.29) is 10.8 Å². The van der Waals surface area contributed by atoms with Crippen molar-refractivity contribution in [3.63, 3.8) is 0 Å². The van der Waals surface area contributed by atoms with Crippen LogP contribution in [0.3, 0.4) is 0 Å². The summed E-state index contributed by atoms with van der Waals surface area (Å²) >= 11 is 0. The minimum absolute atomic E-state index is 0.0693. The second kappa shape index (κ2) is 8.30. The second-order valence-electron chi connectivity index (χ2n) is 10.3. The van der Waals surface area contributed by atoms with Crippen molar-refractivity contribution in [2.45, 2.75) is 65.3 Å². The van der Waals surface area contributed by atoms with Crippen LogP contribution in [0, 0.1) is 0 Å². The van der Waals surface area contributed by atoms with Gasteiger partial charge in [0.25, 0.3) is 0 Å². The molecule has 0 aliphatic heterocycles. The minimum Gasteiger partial charge on any atom is -0.245 e. The van der Waals surface area contributed by atoms with Gasteiger partial charge in [0.1, 0.15) is 5.82 Å². The highest BCUT2D eigenvalue weighted by Gasteiger charge is 2.27. The topological polar surface area (TPSA) is 85.2 Å². The number of aromatic nitrogens is 7. The van der Waals surface area contributed by atoms with Crippen LogP contribution in [0.5, 0.6) is 0 Å². The Morgan fingerprint density at radius 2 is 1.56 bits per heavy atom. The fraction of sp³-hybridized carbons (Fsp3) is 0.400. The quantitative estimate of drug-likeness (QED) is 0.497. The van der Waals surface area contributed by atoms with E-state index < -0.39 is 0 Å². The van der Waals surface area contributed by atoms with Crippen LogP contribution >= 0.6 is 0 Å². The molecule has 0 saturated heterocycles. The molecule has 0 unspecified atom stereocenters. The molecule has 0 fully saturated rings. The molecule has 4 rings (SSSR count). The number of benzene rings is 2. The number of nitrogens with zero attached hydrogens (tertiary/aromatic N) is 6. The Labute approximate surface area is 189 Å². The van der Waals surface area contributed by atoms with Gasteiger partial charge in [0.05, 0.1) is 6.54 Å². The first kappa shape index (κ1) is 21.9. The van der Waals surface area contributed by atoms with E-state index >= 15 is 0 Å². The zero-order valence-corrected chi connectivity index (χ0v) is 19.7. The molecule has 2 aromatic heterocycles. The third-order valence-corrected chi connectivity index (χ3v) is 5.31. The highest BCUT2D eigenvalue weighted by molar-refractivity contribution is 5.55. The molecule has 2 aromatic carbocycles. The number of rotatable bonds is 5. The summed E-state index contributed by atoms with van der Waals surface area (Å²) in [6, 6.07) is 17.0. The van der Waals surface area contributed by atoms with Gasteiger partial charge >= 0.3 is 0 Å². The molecule has 166 valence electrons. The van der Waals surface area contributed by atoms with Gasteiger partial charge in [-0.1, -0.05) is 84.0 Å². The maximum absolute atomic E-state index is 4.89. The lowest BCUT2D eigenvalue weighted by Gasteiger charge is -2.18. The van der Waals surface area contributed by atoms with E-state index in [0.717, 1.165) is 23.6 Å². The number of hydrogen-bond acceptors (Lipinski definition) is 5. The van der Waals surface area contributed by atoms with E-state index in [4.69, 9.17) is 10.1 Å². The molecule has 0 bridgehead atoms. The smallest absolute Gasteiger partial charge is 0.204 e. The molecular formula is C25H31N7. The molecule has 0 spiro atoms. The largest absolute Gasteiger partial charge is 0.245 e. The Hall–Kier alpha value is -3.35. The lowest BCUT2D eigenvalue weighted by molar-refractivity contribution is 0.489. The summed E-state index contributed by atoms with van der Waals surface area (Å²) in [5, 5.41) is 19.1. The predicted octanol–water partition coefficient (Wildman–Crippen LogP) is 4.69. The average Bonchev–Trinajstić information content (AvgIpc) is 3.39. The van der Waals surface area contributed by atoms with Gasteiger partial charge in [-0.25, -0.2) is 9.67 Å². The van der Waals surface area contributed by atoms with Gasteiger partial charge in [-0.05, 0) is 34.4 Å². The summed E-state index contributed by atoms with van der Waals surface area (Å²) in [6.07, 6.45) is 0.844. The van der Waals surface area contributed by atoms with Crippen molar-refractivity contribution in [3.8, 4) is 11.4 Å². The highest BCUT2D eigenvalue weighted by Crippen LogP contribution is 2.26. The maximum atomic E-state index is 4.89. The molecule has 7 nitrogen and oxygen atoms in total. The third kappa shape index (κ3) is 4.93. The number of nitrogens with one attached hydrogen (secondary N) is 1. The number of aromatic amines is 1. The minimum atomic E-state index is -0.0782. The fourth-order valence-corrected chi connectivity index (χ4v) is 3.60. The van der Waals surface area contributed by atoms with E-state index in [1.54, 1.807) is 0 Å². The van der Waals surface area contributed by atoms with Crippen molar-refractivity contribution >= 4 is 0 Å². The van der Waals surface area contributed by atoms with Crippen molar-refractivity contribution in [3.05, 3.63) is 76.9 Å². The van der Waals surface area contributed by atoms with Crippen LogP contribution in [0.15, 0.2) is 48.5 Å². The van der Waals surface area contributed by atoms with Gasteiger partial charge in [0.15, 0.2) is 5.82 Å². The molecule has 0 saturated carbocycles. The Balaban J connectivity index is 1.52. The summed E-state index contributed by atoms with van der Waals surface area (Å²) in [7, 11) is 0. The predicted molar refractivity (Wildman–Crippen MR) is 125 cm³/mol. The van der Waals surface area contributed by atoms with E-state index in [2.05, 4.69) is 103 Å². The molecule has 4 aromatic rings. The standard InChI is InChI=1S/C25H31N7/c1-24(2,3)22-26-23(25(4,5)6)32(29-22)16-18-12-10-17(11-13-18)14-19-8-7-9-20(15-19)21-27-30-31-28-21/h7-13,15H,14,16H2,1-6H3,(H,27,28,30,31). The molecule has 2 heterocycles. The van der Waals surface area contributed by atoms with Crippen LogP contribution in [0.2, 0.25) is 0 Å². The molecular weight excluding hydrogens is 398 g/mol. The Kier molecular flexibility index (Phi) is 5.67. The van der Waals surface area contributed by atoms with E-state index in [1.165, 1.54) is 16.7 Å². The number of tetrazole rings is 1. The molecule has 7 heteroatoms. The number of hydrogen-bond donors (Lipinski definition) is 1. The van der Waals surface area contributed by atoms with Crippen LogP contribution in [-0.2, 0) is 23.8 Å². The summed E-state index contributed by atoms with van der Waals surface area (Å²) in [5.41, 5.74) is 4.49. The Bertz CT molecular complexity index is 1170. The van der Waals surface area contributed by atoms with Crippen molar-refractivity contribution in [1.82, 2.24) is 35.4 Å². The third-order valence-electron chi connectivity index (χ3n) is 5.31. The summed E-state index contributed by atoms with van der Waals surface area (Å²) in [4.78, 5) is 4.89. The molecule has 0 atom stereocenters. The SMILES string of the molecule is CC(C)(C)c1nc(C(C)(C)C)n(Cc2ccc(Cc3cccc(-c4nn[nH]n4)c3)cc2)n1. The lowest BCUT2D eigenvalue weighted by atomic mass is 9.94. The molecule has 0 aliphatic rings. The summed E-state index contributed by atoms with van der Waals surface area (Å²) in [5.74, 6) is 2.52. The zero-order chi connectivity index (χ0) is 22.9. The molecule has 1 N–H and O–H groups in total. The first-order valence-corrected chi connectivity index (χ1v) is 11.0. The van der Waals surface area contributed by atoms with E-state index in [0.29, 0.717) is 12.4 Å². The maximum Gasteiger partial charge on any atom is 0.204 e. The molecule has 32 heavy (non-hydrogen) atoms. The van der Waals surface area contributed by atoms with E-state index in [9.17, 15) is 0 Å². The normalized spacial score (nSPS) is 12.3. The Morgan fingerprint density at radius 1 is 0.844 bits per heavy atom. The average molecular weight is 430 g/mol. The van der Waals surface area contributed by atoms with Crippen LogP contribution in [0.4, 0.5) is 0 Å². The fourth-order valence-electron chi connectivity index (χ4n) is 3.60. The van der Waals surface area contributed by atoms with Crippen molar-refractivity contribution < 1.29 is 0 Å². The van der Waals surface area contributed by atoms with Gasteiger partial charge in [0, 0.05) is 16.4 Å². The summed E-state index contributed by atoms with van der Waals surface area (Å²) < 4.78 is 2.06. The highest BCUT2D eigenvalue weighted by atomic mass is 15.5. The van der Waals surface area contributed by atoms with Gasteiger partial charge in [-0.2, -0.15) is 10.3 Å². The van der Waals surface area contributed by atoms with Crippen molar-refractivity contribution in [2.75, 3.05) is 0 Å². The molecule has 0 aliphatic carbocycles. The van der Waals surface area contributed by atoms with E-state index in [1.807, 2.05) is 12.1 Å². The lowest BCUT2D eigenvalue weighted by Crippen LogP contribution is -2.20. The van der Waals surface area contributed by atoms with Crippen molar-refractivity contribution in [2.24, 2.45) is 0 Å². The second-order valence-corrected chi connectivity index (χ2v) is 10.3. The van der Waals surface area contributed by atoms with Crippen molar-refractivity contribution in [1.29, 1.82) is 0 Å². The van der Waals surface area contributed by atoms with Gasteiger partial charge in [-0.3, -0.25) is 0 Å². The van der Waals surface area contributed by atoms with Gasteiger partial charge in [-0.15, -0.1) is 10.2 Å². The molecule has 0 radical (unpaired) electrons. The molecule has 0 amide bonds. The van der Waals surface area contributed by atoms with Crippen LogP contribution in [-0.4, -0.2) is 35.4 Å². The van der Waals surface area contributed by atoms with Crippen LogP contribution in [0.25, 0.3) is 11.4 Å². The van der Waals surface area contributed by atoms with Gasteiger partial charge in [0.2, 0.25) is 5.82 Å². The zero-order valence-electron chi connectivity index (χ0n) is 19.7. The first-order chi connectivity index (χ1) is 15.1. The number of H-pyrrole nitrogens is 1. The first-order valence-electron chi connectivity index (χ1n) is 11.0. The Morgan fingerprint density at radius 3 is 2.19 bits per heavy atom. The summed E-state index contributed by atoms with van der Waals surface area (Å²) in [6.45, 7) is 13.7. The monoisotopic (exact) mass is 429 g/mol. The van der Waals surface area contributed by atoms with Gasteiger partial charge < -0.3 is 0 Å². The van der Waals surface area contributed by atoms with Crippen LogP contribution < -0.4 is 0 Å².